The molecule has 2 fully saturated rings. The van der Waals surface area contributed by atoms with Crippen LogP contribution in [0, 0.1) is 5.92 Å². The smallest absolute Gasteiger partial charge is 0.257 e. The molecule has 0 bridgehead atoms. The molecule has 0 spiro atoms. The maximum Gasteiger partial charge on any atom is 0.257 e. The van der Waals surface area contributed by atoms with Crippen molar-refractivity contribution in [3.05, 3.63) is 35.7 Å². The van der Waals surface area contributed by atoms with E-state index in [4.69, 9.17) is 4.52 Å². The third-order valence-electron chi connectivity index (χ3n) is 5.19. The highest BCUT2D eigenvalue weighted by molar-refractivity contribution is 5.94. The molecule has 0 radical (unpaired) electrons. The van der Waals surface area contributed by atoms with E-state index in [1.165, 1.54) is 12.8 Å². The van der Waals surface area contributed by atoms with Crippen LogP contribution in [0.4, 0.5) is 0 Å². The van der Waals surface area contributed by atoms with Gasteiger partial charge in [0, 0.05) is 23.6 Å². The maximum atomic E-state index is 12.2. The summed E-state index contributed by atoms with van der Waals surface area (Å²) < 4.78 is 5.29. The normalized spacial score (nSPS) is 19.1. The van der Waals surface area contributed by atoms with E-state index in [1.807, 2.05) is 12.1 Å². The molecule has 1 atom stereocenters. The molecular weight excluding hydrogens is 318 g/mol. The van der Waals surface area contributed by atoms with E-state index in [2.05, 4.69) is 15.5 Å². The van der Waals surface area contributed by atoms with E-state index in [-0.39, 0.29) is 5.91 Å². The zero-order valence-corrected chi connectivity index (χ0v) is 14.1. The minimum atomic E-state index is -0.454. The van der Waals surface area contributed by atoms with Crippen molar-refractivity contribution >= 4 is 5.91 Å². The number of carbonyl (C=O) groups is 1. The molecule has 2 aliphatic carbocycles. The number of nitrogens with zero attached hydrogens (tertiary/aromatic N) is 2. The predicted molar refractivity (Wildman–Crippen MR) is 92.0 cm³/mol. The Morgan fingerprint density at radius 3 is 2.60 bits per heavy atom. The first-order valence-corrected chi connectivity index (χ1v) is 9.11. The Morgan fingerprint density at radius 2 is 1.92 bits per heavy atom. The van der Waals surface area contributed by atoms with Crippen molar-refractivity contribution in [3.63, 3.8) is 0 Å². The van der Waals surface area contributed by atoms with Crippen LogP contribution in [0.15, 0.2) is 28.8 Å². The Morgan fingerprint density at radius 1 is 1.20 bits per heavy atom. The highest BCUT2D eigenvalue weighted by atomic mass is 16.5. The summed E-state index contributed by atoms with van der Waals surface area (Å²) >= 11 is 0. The van der Waals surface area contributed by atoms with Gasteiger partial charge in [-0.3, -0.25) is 4.79 Å². The van der Waals surface area contributed by atoms with E-state index < -0.39 is 6.10 Å². The summed E-state index contributed by atoms with van der Waals surface area (Å²) in [6.07, 6.45) is 6.27. The minimum absolute atomic E-state index is 0.173. The lowest BCUT2D eigenvalue weighted by Gasteiger charge is -2.18. The molecule has 4 rings (SSSR count). The molecule has 2 saturated carbocycles. The van der Waals surface area contributed by atoms with Crippen molar-refractivity contribution in [2.75, 3.05) is 6.54 Å². The number of hydrogen-bond donors (Lipinski definition) is 2. The Hall–Kier alpha value is -2.21. The topological polar surface area (TPSA) is 88.2 Å². The summed E-state index contributed by atoms with van der Waals surface area (Å²) in [6.45, 7) is 0.305. The molecule has 1 heterocycles. The molecule has 0 saturated heterocycles. The van der Waals surface area contributed by atoms with Crippen LogP contribution in [0.2, 0.25) is 0 Å². The van der Waals surface area contributed by atoms with Gasteiger partial charge in [0.05, 0.1) is 6.10 Å². The fraction of sp³-hybridized carbons (Fsp3) is 0.526. The van der Waals surface area contributed by atoms with Gasteiger partial charge in [-0.2, -0.15) is 4.98 Å². The molecule has 0 aliphatic heterocycles. The number of rotatable bonds is 6. The maximum absolute atomic E-state index is 12.2. The quantitative estimate of drug-likeness (QED) is 0.843. The summed E-state index contributed by atoms with van der Waals surface area (Å²) in [5.74, 6) is 1.87. The second-order valence-corrected chi connectivity index (χ2v) is 7.13. The predicted octanol–water partition coefficient (Wildman–Crippen LogP) is 2.89. The highest BCUT2D eigenvalue weighted by Crippen LogP contribution is 2.38. The molecule has 6 nitrogen and oxygen atoms in total. The molecule has 2 N–H and O–H groups in total. The van der Waals surface area contributed by atoms with Crippen LogP contribution >= 0.6 is 0 Å². The fourth-order valence-corrected chi connectivity index (χ4v) is 3.43. The average molecular weight is 341 g/mol. The molecule has 1 unspecified atom stereocenters. The van der Waals surface area contributed by atoms with Gasteiger partial charge < -0.3 is 14.9 Å². The van der Waals surface area contributed by atoms with Crippen LogP contribution in [0.25, 0.3) is 11.5 Å². The van der Waals surface area contributed by atoms with Crippen LogP contribution in [-0.2, 0) is 0 Å². The molecular formula is C19H23N3O3. The average Bonchev–Trinajstić information content (AvgIpc) is 3.14. The van der Waals surface area contributed by atoms with E-state index in [0.29, 0.717) is 29.8 Å². The number of hydrogen-bond acceptors (Lipinski definition) is 5. The molecule has 6 heteroatoms. The number of nitrogens with one attached hydrogen (secondary N) is 1. The van der Waals surface area contributed by atoms with Crippen LogP contribution in [0.5, 0.6) is 0 Å². The Balaban J connectivity index is 1.34. The summed E-state index contributed by atoms with van der Waals surface area (Å²) in [5.41, 5.74) is 1.37. The Kier molecular flexibility index (Phi) is 4.53. The monoisotopic (exact) mass is 341 g/mol. The molecule has 2 aliphatic rings. The number of amides is 1. The van der Waals surface area contributed by atoms with Gasteiger partial charge in [0.15, 0.2) is 5.82 Å². The Bertz CT molecular complexity index is 731. The van der Waals surface area contributed by atoms with Crippen molar-refractivity contribution in [2.24, 2.45) is 5.92 Å². The zero-order valence-electron chi connectivity index (χ0n) is 14.1. The number of aliphatic hydroxyl groups is 1. The van der Waals surface area contributed by atoms with Gasteiger partial charge in [0.25, 0.3) is 11.8 Å². The molecule has 2 aromatic rings. The van der Waals surface area contributed by atoms with Crippen molar-refractivity contribution in [1.29, 1.82) is 0 Å². The first-order chi connectivity index (χ1) is 12.2. The van der Waals surface area contributed by atoms with Gasteiger partial charge in [-0.05, 0) is 55.9 Å². The minimum Gasteiger partial charge on any atom is -0.391 e. The summed E-state index contributed by atoms with van der Waals surface area (Å²) in [7, 11) is 0. The number of carbonyl (C=O) groups excluding carboxylic acids is 1. The number of benzene rings is 1. The lowest BCUT2D eigenvalue weighted by atomic mass is 10.0. The van der Waals surface area contributed by atoms with Gasteiger partial charge >= 0.3 is 0 Å². The van der Waals surface area contributed by atoms with Crippen LogP contribution in [0.3, 0.4) is 0 Å². The summed E-state index contributed by atoms with van der Waals surface area (Å²) in [5, 5.41) is 17.0. The standard InChI is InChI=1S/C19H23N3O3/c23-16(12-3-1-2-4-12)11-20-18(24)14-7-9-15(10-8-14)19-21-17(22-25-19)13-5-6-13/h7-10,12-13,16,23H,1-6,11H2,(H,20,24). The molecule has 132 valence electrons. The van der Waals surface area contributed by atoms with E-state index in [0.717, 1.165) is 37.1 Å². The van der Waals surface area contributed by atoms with Crippen molar-refractivity contribution in [2.45, 2.75) is 50.5 Å². The summed E-state index contributed by atoms with van der Waals surface area (Å²) in [4.78, 5) is 16.6. The number of aromatic nitrogens is 2. The van der Waals surface area contributed by atoms with Crippen LogP contribution in [-0.4, -0.2) is 33.8 Å². The van der Waals surface area contributed by atoms with E-state index in [1.54, 1.807) is 12.1 Å². The second-order valence-electron chi connectivity index (χ2n) is 7.13. The van der Waals surface area contributed by atoms with Gasteiger partial charge in [0.1, 0.15) is 0 Å². The summed E-state index contributed by atoms with van der Waals surface area (Å²) in [6, 6.07) is 7.11. The van der Waals surface area contributed by atoms with Gasteiger partial charge in [-0.15, -0.1) is 0 Å². The molecule has 1 aromatic heterocycles. The molecule has 25 heavy (non-hydrogen) atoms. The van der Waals surface area contributed by atoms with Crippen molar-refractivity contribution in [1.82, 2.24) is 15.5 Å². The first kappa shape index (κ1) is 16.3. The lowest BCUT2D eigenvalue weighted by Crippen LogP contribution is -2.35. The SMILES string of the molecule is O=C(NCC(O)C1CCCC1)c1ccc(-c2nc(C3CC3)no2)cc1. The van der Waals surface area contributed by atoms with Gasteiger partial charge in [0.2, 0.25) is 0 Å². The first-order valence-electron chi connectivity index (χ1n) is 9.11. The van der Waals surface area contributed by atoms with Gasteiger partial charge in [-0.25, -0.2) is 0 Å². The van der Waals surface area contributed by atoms with E-state index in [9.17, 15) is 9.90 Å². The third kappa shape index (κ3) is 3.74. The second kappa shape index (κ2) is 6.96. The Labute approximate surface area is 146 Å². The third-order valence-corrected chi connectivity index (χ3v) is 5.19. The fourth-order valence-electron chi connectivity index (χ4n) is 3.43. The van der Waals surface area contributed by atoms with Crippen molar-refractivity contribution in [3.8, 4) is 11.5 Å². The van der Waals surface area contributed by atoms with Crippen LogP contribution < -0.4 is 5.32 Å². The van der Waals surface area contributed by atoms with Crippen LogP contribution in [0.1, 0.15) is 60.6 Å². The number of aliphatic hydroxyl groups excluding tert-OH is 1. The highest BCUT2D eigenvalue weighted by Gasteiger charge is 2.29. The largest absolute Gasteiger partial charge is 0.391 e. The van der Waals surface area contributed by atoms with Gasteiger partial charge in [-0.1, -0.05) is 18.0 Å². The molecule has 1 amide bonds. The molecule has 1 aromatic carbocycles. The van der Waals surface area contributed by atoms with Crippen molar-refractivity contribution < 1.29 is 14.4 Å². The zero-order chi connectivity index (χ0) is 17.2. The van der Waals surface area contributed by atoms with E-state index >= 15 is 0 Å². The lowest BCUT2D eigenvalue weighted by molar-refractivity contribution is 0.0840.